The molecule has 1 fully saturated rings. The van der Waals surface area contributed by atoms with E-state index in [0.29, 0.717) is 0 Å². The lowest BCUT2D eigenvalue weighted by Crippen LogP contribution is -2.43. The Hall–Kier alpha value is -1.06. The lowest BCUT2D eigenvalue weighted by atomic mass is 9.91. The van der Waals surface area contributed by atoms with Crippen molar-refractivity contribution in [2.45, 2.75) is 65.5 Å². The fourth-order valence-corrected chi connectivity index (χ4v) is 2.36. The van der Waals surface area contributed by atoms with Crippen molar-refractivity contribution in [2.75, 3.05) is 0 Å². The summed E-state index contributed by atoms with van der Waals surface area (Å²) >= 11 is 0. The number of ether oxygens (including phenoxy) is 1. The van der Waals surface area contributed by atoms with Crippen molar-refractivity contribution in [3.8, 4) is 0 Å². The second-order valence-corrected chi connectivity index (χ2v) is 6.35. The minimum absolute atomic E-state index is 0.0241. The number of Topliss-reactive ketones (excluding diaryl/α,β-unsaturated/α-hetero) is 1. The summed E-state index contributed by atoms with van der Waals surface area (Å²) in [5, 5.41) is 2.84. The van der Waals surface area contributed by atoms with Gasteiger partial charge < -0.3 is 10.1 Å². The molecule has 0 aliphatic heterocycles. The molecule has 1 rings (SSSR count). The molecule has 0 aromatic carbocycles. The molecule has 4 nitrogen and oxygen atoms in total. The van der Waals surface area contributed by atoms with Crippen LogP contribution >= 0.6 is 0 Å². The van der Waals surface area contributed by atoms with Gasteiger partial charge in [-0.1, -0.05) is 20.3 Å². The lowest BCUT2D eigenvalue weighted by Gasteiger charge is -2.25. The number of ketones is 1. The van der Waals surface area contributed by atoms with Crippen LogP contribution in [0.1, 0.15) is 53.9 Å². The van der Waals surface area contributed by atoms with E-state index in [1.807, 2.05) is 34.6 Å². The number of amides is 1. The molecule has 0 bridgehead atoms. The molecule has 0 radical (unpaired) electrons. The van der Waals surface area contributed by atoms with Crippen LogP contribution in [0, 0.1) is 11.8 Å². The van der Waals surface area contributed by atoms with Crippen molar-refractivity contribution in [1.82, 2.24) is 5.32 Å². The Labute approximate surface area is 109 Å². The first kappa shape index (κ1) is 15.0. The maximum atomic E-state index is 12.0. The Kier molecular flexibility index (Phi) is 4.77. The van der Waals surface area contributed by atoms with Gasteiger partial charge in [-0.2, -0.15) is 0 Å². The Morgan fingerprint density at radius 2 is 1.83 bits per heavy atom. The van der Waals surface area contributed by atoms with Gasteiger partial charge in [-0.05, 0) is 33.6 Å². The third-order valence-corrected chi connectivity index (χ3v) is 3.15. The Morgan fingerprint density at radius 1 is 1.22 bits per heavy atom. The van der Waals surface area contributed by atoms with Gasteiger partial charge in [0.25, 0.3) is 0 Å². The minimum Gasteiger partial charge on any atom is -0.444 e. The van der Waals surface area contributed by atoms with Gasteiger partial charge in [0.1, 0.15) is 11.4 Å². The van der Waals surface area contributed by atoms with Gasteiger partial charge in [0, 0.05) is 17.9 Å². The fraction of sp³-hybridized carbons (Fsp3) is 0.857. The number of carbonyl (C=O) groups excluding carboxylic acids is 2. The zero-order valence-corrected chi connectivity index (χ0v) is 12.1. The second kappa shape index (κ2) is 5.72. The van der Waals surface area contributed by atoms with Crippen LogP contribution in [0.4, 0.5) is 4.79 Å². The van der Waals surface area contributed by atoms with Crippen molar-refractivity contribution < 1.29 is 14.3 Å². The monoisotopic (exact) mass is 255 g/mol. The van der Waals surface area contributed by atoms with Crippen LogP contribution in [0.5, 0.6) is 0 Å². The number of carbonyl (C=O) groups is 2. The van der Waals surface area contributed by atoms with Crippen molar-refractivity contribution in [2.24, 2.45) is 11.8 Å². The normalized spacial score (nSPS) is 24.1. The summed E-state index contributed by atoms with van der Waals surface area (Å²) in [5.74, 6) is 0.224. The predicted molar refractivity (Wildman–Crippen MR) is 70.3 cm³/mol. The number of hydrogen-bond donors (Lipinski definition) is 1. The molecule has 1 aliphatic rings. The molecular formula is C14H25NO3. The molecule has 1 amide bonds. The Balaban J connectivity index is 2.55. The molecule has 0 heterocycles. The van der Waals surface area contributed by atoms with E-state index in [2.05, 4.69) is 5.32 Å². The van der Waals surface area contributed by atoms with Gasteiger partial charge in [0.15, 0.2) is 0 Å². The molecule has 104 valence electrons. The molecule has 0 unspecified atom stereocenters. The highest BCUT2D eigenvalue weighted by molar-refractivity contribution is 5.84. The largest absolute Gasteiger partial charge is 0.444 e. The second-order valence-electron chi connectivity index (χ2n) is 6.35. The quantitative estimate of drug-likeness (QED) is 0.843. The van der Waals surface area contributed by atoms with Gasteiger partial charge in [-0.3, -0.25) is 4.79 Å². The highest BCUT2D eigenvalue weighted by Crippen LogP contribution is 2.28. The van der Waals surface area contributed by atoms with E-state index in [9.17, 15) is 9.59 Å². The first-order valence-corrected chi connectivity index (χ1v) is 6.74. The highest BCUT2D eigenvalue weighted by atomic mass is 16.6. The van der Waals surface area contributed by atoms with Crippen molar-refractivity contribution >= 4 is 11.9 Å². The van der Waals surface area contributed by atoms with Crippen LogP contribution in [-0.2, 0) is 9.53 Å². The summed E-state index contributed by atoms with van der Waals surface area (Å²) in [6.07, 6.45) is 2.31. The van der Waals surface area contributed by atoms with Gasteiger partial charge >= 0.3 is 6.09 Å². The van der Waals surface area contributed by atoms with Crippen LogP contribution in [0.3, 0.4) is 0 Å². The van der Waals surface area contributed by atoms with Crippen molar-refractivity contribution in [3.05, 3.63) is 0 Å². The number of rotatable bonds is 3. The Morgan fingerprint density at radius 3 is 2.33 bits per heavy atom. The zero-order valence-electron chi connectivity index (χ0n) is 12.1. The van der Waals surface area contributed by atoms with Gasteiger partial charge in [-0.15, -0.1) is 0 Å². The number of alkyl carbamates (subject to hydrolysis) is 1. The molecule has 0 aromatic rings. The SMILES string of the molecule is CC(C)C(=O)[C@@H]1CCC[C@@H]1NC(=O)OC(C)(C)C. The minimum atomic E-state index is -0.500. The first-order valence-electron chi connectivity index (χ1n) is 6.74. The molecule has 1 N–H and O–H groups in total. The van der Waals surface area contributed by atoms with Crippen molar-refractivity contribution in [1.29, 1.82) is 0 Å². The van der Waals surface area contributed by atoms with Gasteiger partial charge in [-0.25, -0.2) is 4.79 Å². The Bertz CT molecular complexity index is 317. The summed E-state index contributed by atoms with van der Waals surface area (Å²) in [4.78, 5) is 23.7. The number of nitrogens with one attached hydrogen (secondary N) is 1. The standard InChI is InChI=1S/C14H25NO3/c1-9(2)12(16)10-7-6-8-11(10)15-13(17)18-14(3,4)5/h9-11H,6-8H2,1-5H3,(H,15,17)/t10-,11+/m1/s1. The predicted octanol–water partition coefficient (Wildman–Crippen LogP) is 2.90. The number of hydrogen-bond acceptors (Lipinski definition) is 3. The van der Waals surface area contributed by atoms with Gasteiger partial charge in [0.2, 0.25) is 0 Å². The average molecular weight is 255 g/mol. The van der Waals surface area contributed by atoms with Crippen LogP contribution in [0.15, 0.2) is 0 Å². The van der Waals surface area contributed by atoms with E-state index in [1.54, 1.807) is 0 Å². The topological polar surface area (TPSA) is 55.4 Å². The van der Waals surface area contributed by atoms with Crippen LogP contribution < -0.4 is 5.32 Å². The molecule has 0 aromatic heterocycles. The maximum absolute atomic E-state index is 12.0. The summed E-state index contributed by atoms with van der Waals surface area (Å²) in [7, 11) is 0. The van der Waals surface area contributed by atoms with E-state index in [-0.39, 0.29) is 23.7 Å². The van der Waals surface area contributed by atoms with Crippen LogP contribution in [0.25, 0.3) is 0 Å². The third-order valence-electron chi connectivity index (χ3n) is 3.15. The molecule has 0 spiro atoms. The van der Waals surface area contributed by atoms with Crippen LogP contribution in [0.2, 0.25) is 0 Å². The zero-order chi connectivity index (χ0) is 13.9. The smallest absolute Gasteiger partial charge is 0.407 e. The molecule has 1 saturated carbocycles. The highest BCUT2D eigenvalue weighted by Gasteiger charge is 2.35. The van der Waals surface area contributed by atoms with E-state index in [4.69, 9.17) is 4.74 Å². The molecule has 4 heteroatoms. The van der Waals surface area contributed by atoms with E-state index in [1.165, 1.54) is 0 Å². The average Bonchev–Trinajstić information content (AvgIpc) is 2.61. The third kappa shape index (κ3) is 4.31. The van der Waals surface area contributed by atoms with E-state index in [0.717, 1.165) is 19.3 Å². The summed E-state index contributed by atoms with van der Waals surface area (Å²) in [6, 6.07) is -0.0604. The van der Waals surface area contributed by atoms with Gasteiger partial charge in [0.05, 0.1) is 0 Å². The molecule has 1 aliphatic carbocycles. The summed E-state index contributed by atoms with van der Waals surface area (Å²) in [6.45, 7) is 9.31. The maximum Gasteiger partial charge on any atom is 0.407 e. The molecule has 2 atom stereocenters. The molecule has 18 heavy (non-hydrogen) atoms. The van der Waals surface area contributed by atoms with Crippen LogP contribution in [-0.4, -0.2) is 23.5 Å². The summed E-state index contributed by atoms with van der Waals surface area (Å²) in [5.41, 5.74) is -0.500. The molecule has 0 saturated heterocycles. The summed E-state index contributed by atoms with van der Waals surface area (Å²) < 4.78 is 5.23. The van der Waals surface area contributed by atoms with Crippen molar-refractivity contribution in [3.63, 3.8) is 0 Å². The van der Waals surface area contributed by atoms with E-state index >= 15 is 0 Å². The first-order chi connectivity index (χ1) is 8.20. The molecular weight excluding hydrogens is 230 g/mol. The lowest BCUT2D eigenvalue weighted by molar-refractivity contribution is -0.126. The fourth-order valence-electron chi connectivity index (χ4n) is 2.36. The van der Waals surface area contributed by atoms with E-state index < -0.39 is 11.7 Å².